The number of rotatable bonds is 5. The number of nitrogens with two attached hydrogens (primary N) is 1. The number of anilines is 1. The molecule has 1 aliphatic rings. The average molecular weight is 307 g/mol. The third-order valence-electron chi connectivity index (χ3n) is 3.82. The van der Waals surface area contributed by atoms with Gasteiger partial charge in [0.2, 0.25) is 0 Å². The van der Waals surface area contributed by atoms with Crippen LogP contribution in [0.5, 0.6) is 0 Å². The highest BCUT2D eigenvalue weighted by Crippen LogP contribution is 2.36. The van der Waals surface area contributed by atoms with Gasteiger partial charge < -0.3 is 24.9 Å². The number of aliphatic hydroxyl groups excluding tert-OH is 1. The van der Waals surface area contributed by atoms with Crippen LogP contribution in [0.15, 0.2) is 12.7 Å². The van der Waals surface area contributed by atoms with Crippen molar-refractivity contribution < 1.29 is 14.6 Å². The second-order valence-corrected chi connectivity index (χ2v) is 6.10. The minimum Gasteiger partial charge on any atom is -0.396 e. The molecule has 8 nitrogen and oxygen atoms in total. The second kappa shape index (κ2) is 5.45. The van der Waals surface area contributed by atoms with E-state index in [1.807, 2.05) is 18.4 Å². The first-order chi connectivity index (χ1) is 10.4. The molecule has 0 aliphatic carbocycles. The van der Waals surface area contributed by atoms with Crippen molar-refractivity contribution in [2.75, 3.05) is 18.9 Å². The number of aliphatic hydroxyl groups is 1. The number of ether oxygens (including phenoxy) is 2. The van der Waals surface area contributed by atoms with Crippen LogP contribution in [-0.2, 0) is 16.0 Å². The molecule has 3 heterocycles. The lowest BCUT2D eigenvalue weighted by atomic mass is 9.98. The third-order valence-corrected chi connectivity index (χ3v) is 3.82. The molecule has 120 valence electrons. The van der Waals surface area contributed by atoms with Crippen LogP contribution in [0, 0.1) is 0 Å². The Hall–Kier alpha value is -1.77. The zero-order valence-electron chi connectivity index (χ0n) is 12.8. The summed E-state index contributed by atoms with van der Waals surface area (Å²) >= 11 is 0. The largest absolute Gasteiger partial charge is 0.396 e. The van der Waals surface area contributed by atoms with Crippen LogP contribution in [0.1, 0.15) is 26.7 Å². The summed E-state index contributed by atoms with van der Waals surface area (Å²) in [6.45, 7) is 4.88. The quantitative estimate of drug-likeness (QED) is 0.837. The molecule has 1 unspecified atom stereocenters. The molecular formula is C14H21N5O3. The summed E-state index contributed by atoms with van der Waals surface area (Å²) in [6.07, 6.45) is 4.44. The van der Waals surface area contributed by atoms with Crippen molar-refractivity contribution in [3.05, 3.63) is 12.7 Å². The summed E-state index contributed by atoms with van der Waals surface area (Å²) in [6, 6.07) is 0. The zero-order chi connectivity index (χ0) is 15.8. The van der Waals surface area contributed by atoms with Crippen molar-refractivity contribution >= 4 is 17.0 Å². The van der Waals surface area contributed by atoms with Gasteiger partial charge in [0.15, 0.2) is 17.3 Å². The fourth-order valence-corrected chi connectivity index (χ4v) is 2.89. The van der Waals surface area contributed by atoms with E-state index in [4.69, 9.17) is 20.3 Å². The van der Waals surface area contributed by atoms with Crippen LogP contribution in [-0.4, -0.2) is 49.2 Å². The summed E-state index contributed by atoms with van der Waals surface area (Å²) in [5, 5.41) is 9.15. The van der Waals surface area contributed by atoms with Crippen LogP contribution >= 0.6 is 0 Å². The molecule has 0 aromatic carbocycles. The molecule has 1 saturated heterocycles. The van der Waals surface area contributed by atoms with Gasteiger partial charge in [0, 0.05) is 6.61 Å². The lowest BCUT2D eigenvalue weighted by molar-refractivity contribution is -0.166. The Morgan fingerprint density at radius 1 is 1.36 bits per heavy atom. The van der Waals surface area contributed by atoms with Crippen molar-refractivity contribution in [3.8, 4) is 0 Å². The third kappa shape index (κ3) is 2.77. The molecule has 0 spiro atoms. The summed E-state index contributed by atoms with van der Waals surface area (Å²) in [5.41, 5.74) is 6.56. The van der Waals surface area contributed by atoms with Gasteiger partial charge in [-0.15, -0.1) is 0 Å². The molecule has 1 fully saturated rings. The molecule has 3 rings (SSSR count). The van der Waals surface area contributed by atoms with E-state index < -0.39 is 11.4 Å². The molecule has 3 N–H and O–H groups in total. The Morgan fingerprint density at radius 2 is 2.18 bits per heavy atom. The lowest BCUT2D eigenvalue weighted by Crippen LogP contribution is -2.39. The van der Waals surface area contributed by atoms with Gasteiger partial charge in [0.1, 0.15) is 17.4 Å². The Morgan fingerprint density at radius 3 is 2.86 bits per heavy atom. The molecule has 1 atom stereocenters. The van der Waals surface area contributed by atoms with Crippen molar-refractivity contribution in [1.29, 1.82) is 0 Å². The highest BCUT2D eigenvalue weighted by molar-refractivity contribution is 5.81. The summed E-state index contributed by atoms with van der Waals surface area (Å²) in [7, 11) is 0. The monoisotopic (exact) mass is 307 g/mol. The number of aromatic nitrogens is 4. The van der Waals surface area contributed by atoms with Crippen molar-refractivity contribution in [2.45, 2.75) is 44.6 Å². The van der Waals surface area contributed by atoms with Gasteiger partial charge in [-0.1, -0.05) is 0 Å². The van der Waals surface area contributed by atoms with E-state index in [1.165, 1.54) is 6.33 Å². The lowest BCUT2D eigenvalue weighted by Gasteiger charge is -2.29. The van der Waals surface area contributed by atoms with E-state index in [1.54, 1.807) is 6.33 Å². The van der Waals surface area contributed by atoms with Gasteiger partial charge in [-0.2, -0.15) is 0 Å². The van der Waals surface area contributed by atoms with Gasteiger partial charge in [0.05, 0.1) is 19.5 Å². The molecule has 8 heteroatoms. The summed E-state index contributed by atoms with van der Waals surface area (Å²) in [5.74, 6) is -0.281. The molecule has 1 aliphatic heterocycles. The van der Waals surface area contributed by atoms with E-state index in [2.05, 4.69) is 15.0 Å². The summed E-state index contributed by atoms with van der Waals surface area (Å²) in [4.78, 5) is 12.5. The van der Waals surface area contributed by atoms with Crippen molar-refractivity contribution in [1.82, 2.24) is 19.5 Å². The molecule has 2 aromatic rings. The Bertz CT molecular complexity index is 672. The van der Waals surface area contributed by atoms with E-state index in [9.17, 15) is 0 Å². The van der Waals surface area contributed by atoms with Crippen molar-refractivity contribution in [3.63, 3.8) is 0 Å². The predicted octanol–water partition coefficient (Wildman–Crippen LogP) is 0.703. The minimum atomic E-state index is -0.639. The summed E-state index contributed by atoms with van der Waals surface area (Å²) < 4.78 is 13.8. The average Bonchev–Trinajstić information content (AvgIpc) is 3.00. The van der Waals surface area contributed by atoms with E-state index in [0.29, 0.717) is 43.0 Å². The number of nitrogen functional groups attached to an aromatic ring is 1. The fraction of sp³-hybridized carbons (Fsp3) is 0.643. The maximum Gasteiger partial charge on any atom is 0.165 e. The first kappa shape index (κ1) is 15.1. The minimum absolute atomic E-state index is 0.116. The molecule has 0 radical (unpaired) electrons. The van der Waals surface area contributed by atoms with Crippen LogP contribution in [0.3, 0.4) is 0 Å². The molecular weight excluding hydrogens is 286 g/mol. The molecule has 0 saturated carbocycles. The molecule has 0 amide bonds. The van der Waals surface area contributed by atoms with E-state index in [0.717, 1.165) is 0 Å². The number of fused-ring (bicyclic) bond motifs is 1. The van der Waals surface area contributed by atoms with Crippen LogP contribution in [0.4, 0.5) is 5.82 Å². The number of hydrogen-bond acceptors (Lipinski definition) is 7. The Balaban J connectivity index is 1.91. The van der Waals surface area contributed by atoms with Gasteiger partial charge in [-0.3, -0.25) is 0 Å². The smallest absolute Gasteiger partial charge is 0.165 e. The van der Waals surface area contributed by atoms with Crippen LogP contribution in [0.25, 0.3) is 11.2 Å². The van der Waals surface area contributed by atoms with Crippen molar-refractivity contribution in [2.24, 2.45) is 0 Å². The van der Waals surface area contributed by atoms with E-state index in [-0.39, 0.29) is 6.61 Å². The molecule has 0 bridgehead atoms. The number of nitrogens with zero attached hydrogens (tertiary/aromatic N) is 4. The van der Waals surface area contributed by atoms with Crippen LogP contribution < -0.4 is 5.73 Å². The molecule has 22 heavy (non-hydrogen) atoms. The SMILES string of the molecule is CC1(C)OCC(CCCO)(Cn2cnc3c(N)ncnc32)O1. The van der Waals surface area contributed by atoms with E-state index >= 15 is 0 Å². The van der Waals surface area contributed by atoms with Gasteiger partial charge in [0.25, 0.3) is 0 Å². The first-order valence-corrected chi connectivity index (χ1v) is 7.31. The van der Waals surface area contributed by atoms with Crippen LogP contribution in [0.2, 0.25) is 0 Å². The zero-order valence-corrected chi connectivity index (χ0v) is 12.8. The topological polar surface area (TPSA) is 108 Å². The standard InChI is InChI=1S/C14H21N5O3/c1-13(2)21-7-14(22-13,4-3-5-20)6-19-9-18-10-11(15)16-8-17-12(10)19/h8-9,20H,3-7H2,1-2H3,(H2,15,16,17). The van der Waals surface area contributed by atoms with Gasteiger partial charge >= 0.3 is 0 Å². The van der Waals surface area contributed by atoms with Gasteiger partial charge in [-0.25, -0.2) is 15.0 Å². The Kier molecular flexibility index (Phi) is 3.75. The first-order valence-electron chi connectivity index (χ1n) is 7.31. The highest BCUT2D eigenvalue weighted by atomic mass is 16.8. The maximum absolute atomic E-state index is 9.15. The molecule has 2 aromatic heterocycles. The Labute approximate surface area is 128 Å². The fourth-order valence-electron chi connectivity index (χ4n) is 2.89. The number of hydrogen-bond donors (Lipinski definition) is 2. The maximum atomic E-state index is 9.15. The predicted molar refractivity (Wildman–Crippen MR) is 79.9 cm³/mol. The second-order valence-electron chi connectivity index (χ2n) is 6.10. The van der Waals surface area contributed by atoms with Gasteiger partial charge in [-0.05, 0) is 26.7 Å². The number of imidazole rings is 1. The normalized spacial score (nSPS) is 24.1. The highest BCUT2D eigenvalue weighted by Gasteiger charge is 2.45.